The molecule has 13 heteroatoms. The molecular formula is C26H26N4O8S. The van der Waals surface area contributed by atoms with Crippen LogP contribution in [0.4, 0.5) is 0 Å². The van der Waals surface area contributed by atoms with Gasteiger partial charge in [0.25, 0.3) is 15.9 Å². The Morgan fingerprint density at radius 1 is 1.03 bits per heavy atom. The van der Waals surface area contributed by atoms with Crippen molar-refractivity contribution in [3.63, 3.8) is 0 Å². The molecule has 0 aliphatic heterocycles. The van der Waals surface area contributed by atoms with Gasteiger partial charge in [0.15, 0.2) is 5.69 Å². The molecule has 0 atom stereocenters. The van der Waals surface area contributed by atoms with E-state index >= 15 is 0 Å². The first-order chi connectivity index (χ1) is 18.6. The van der Waals surface area contributed by atoms with Crippen LogP contribution in [0.25, 0.3) is 22.6 Å². The number of nitrogens with two attached hydrogens (primary N) is 1. The first-order valence-corrected chi connectivity index (χ1v) is 13.1. The van der Waals surface area contributed by atoms with Gasteiger partial charge >= 0.3 is 5.91 Å². The van der Waals surface area contributed by atoms with Crippen LogP contribution in [0, 0.1) is 13.8 Å². The molecule has 0 spiro atoms. The van der Waals surface area contributed by atoms with Crippen molar-refractivity contribution in [1.29, 1.82) is 0 Å². The van der Waals surface area contributed by atoms with Crippen molar-refractivity contribution >= 4 is 21.8 Å². The number of hydrogen-bond donors (Lipinski definition) is 1. The third-order valence-corrected chi connectivity index (χ3v) is 7.64. The second-order valence-electron chi connectivity index (χ2n) is 8.39. The standard InChI is InChI=1S/C26H26N4O8S/c1-16-17(2)29-38-23(16)26(32)30(15-36-13-12-35-3)39(33,34)22-7-5-4-6-20(22)18-8-10-19(11-9-18)25-28-21(14-37-25)24(27)31/h4-11,14H,12-13,15H2,1-3H3,(H2,27,31). The van der Waals surface area contributed by atoms with Gasteiger partial charge in [0.1, 0.15) is 13.0 Å². The van der Waals surface area contributed by atoms with Crippen LogP contribution in [0.2, 0.25) is 0 Å². The lowest BCUT2D eigenvalue weighted by molar-refractivity contribution is 0.0279. The molecule has 12 nitrogen and oxygen atoms in total. The maximum atomic E-state index is 13.9. The van der Waals surface area contributed by atoms with Crippen molar-refractivity contribution < 1.29 is 36.4 Å². The first kappa shape index (κ1) is 27.7. The predicted molar refractivity (Wildman–Crippen MR) is 138 cm³/mol. The number of hydrogen-bond acceptors (Lipinski definition) is 10. The maximum Gasteiger partial charge on any atom is 0.308 e. The molecule has 0 bridgehead atoms. The Kier molecular flexibility index (Phi) is 8.24. The number of aromatic nitrogens is 2. The summed E-state index contributed by atoms with van der Waals surface area (Å²) in [5.74, 6) is -1.65. The number of oxazole rings is 1. The summed E-state index contributed by atoms with van der Waals surface area (Å²) in [6.07, 6.45) is 1.16. The van der Waals surface area contributed by atoms with Gasteiger partial charge in [0.2, 0.25) is 11.7 Å². The molecule has 0 fully saturated rings. The Bertz CT molecular complexity index is 1590. The molecule has 204 valence electrons. The zero-order valence-electron chi connectivity index (χ0n) is 21.4. The maximum absolute atomic E-state index is 13.9. The second kappa shape index (κ2) is 11.6. The first-order valence-electron chi connectivity index (χ1n) is 11.7. The average Bonchev–Trinajstić information content (AvgIpc) is 3.56. The van der Waals surface area contributed by atoms with Gasteiger partial charge in [-0.15, -0.1) is 0 Å². The summed E-state index contributed by atoms with van der Waals surface area (Å²) in [5, 5.41) is 3.78. The van der Waals surface area contributed by atoms with E-state index < -0.39 is 28.6 Å². The summed E-state index contributed by atoms with van der Waals surface area (Å²) >= 11 is 0. The monoisotopic (exact) mass is 554 g/mol. The quantitative estimate of drug-likeness (QED) is 0.215. The molecule has 0 unspecified atom stereocenters. The van der Waals surface area contributed by atoms with Crippen molar-refractivity contribution in [3.05, 3.63) is 77.5 Å². The van der Waals surface area contributed by atoms with Crippen LogP contribution in [0.15, 0.2) is 68.6 Å². The summed E-state index contributed by atoms with van der Waals surface area (Å²) < 4.78 is 49.4. The number of carbonyl (C=O) groups is 2. The van der Waals surface area contributed by atoms with Crippen molar-refractivity contribution in [2.75, 3.05) is 27.1 Å². The molecule has 2 amide bonds. The Morgan fingerprint density at radius 2 is 1.72 bits per heavy atom. The molecule has 2 N–H and O–H groups in total. The number of rotatable bonds is 11. The van der Waals surface area contributed by atoms with Crippen LogP contribution in [0.1, 0.15) is 32.3 Å². The van der Waals surface area contributed by atoms with Crippen molar-refractivity contribution in [2.45, 2.75) is 18.7 Å². The fourth-order valence-corrected chi connectivity index (χ4v) is 5.08. The molecule has 4 aromatic rings. The third kappa shape index (κ3) is 5.74. The van der Waals surface area contributed by atoms with Gasteiger partial charge in [0, 0.05) is 23.8 Å². The van der Waals surface area contributed by atoms with E-state index in [4.69, 9.17) is 24.1 Å². The largest absolute Gasteiger partial charge is 0.444 e. The molecular weight excluding hydrogens is 528 g/mol. The van der Waals surface area contributed by atoms with Crippen LogP contribution in [0.3, 0.4) is 0 Å². The molecule has 2 aromatic carbocycles. The topological polar surface area (TPSA) is 168 Å². The van der Waals surface area contributed by atoms with E-state index in [2.05, 4.69) is 10.1 Å². The van der Waals surface area contributed by atoms with Crippen LogP contribution >= 0.6 is 0 Å². The van der Waals surface area contributed by atoms with Gasteiger partial charge in [-0.05, 0) is 37.6 Å². The minimum Gasteiger partial charge on any atom is -0.444 e. The number of carbonyl (C=O) groups excluding carboxylic acids is 2. The van der Waals surface area contributed by atoms with Crippen LogP contribution in [-0.4, -0.2) is 61.7 Å². The zero-order valence-corrected chi connectivity index (χ0v) is 22.2. The smallest absolute Gasteiger partial charge is 0.308 e. The van der Waals surface area contributed by atoms with Gasteiger partial charge in [-0.1, -0.05) is 35.5 Å². The minimum atomic E-state index is -4.44. The number of sulfonamides is 1. The molecule has 2 heterocycles. The molecule has 0 aliphatic rings. The minimum absolute atomic E-state index is 0.0137. The van der Waals surface area contributed by atoms with E-state index in [1.165, 1.54) is 13.2 Å². The van der Waals surface area contributed by atoms with Crippen LogP contribution < -0.4 is 5.73 Å². The molecule has 4 rings (SSSR count). The number of primary amides is 1. The number of methoxy groups -OCH3 is 1. The van der Waals surface area contributed by atoms with Crippen molar-refractivity contribution in [1.82, 2.24) is 14.4 Å². The van der Waals surface area contributed by atoms with E-state index in [-0.39, 0.29) is 35.5 Å². The summed E-state index contributed by atoms with van der Waals surface area (Å²) in [7, 11) is -2.97. The molecule has 0 aliphatic carbocycles. The van der Waals surface area contributed by atoms with Gasteiger partial charge in [-0.3, -0.25) is 9.59 Å². The Morgan fingerprint density at radius 3 is 2.33 bits per heavy atom. The molecule has 0 radical (unpaired) electrons. The molecule has 39 heavy (non-hydrogen) atoms. The fraction of sp³-hybridized carbons (Fsp3) is 0.231. The summed E-state index contributed by atoms with van der Waals surface area (Å²) in [6.45, 7) is 2.97. The normalized spacial score (nSPS) is 11.5. The third-order valence-electron chi connectivity index (χ3n) is 5.87. The number of benzene rings is 2. The highest BCUT2D eigenvalue weighted by molar-refractivity contribution is 7.89. The number of nitrogens with zero attached hydrogens (tertiary/aromatic N) is 3. The second-order valence-corrected chi connectivity index (χ2v) is 10.2. The summed E-state index contributed by atoms with van der Waals surface area (Å²) in [5.41, 5.74) is 7.53. The highest BCUT2D eigenvalue weighted by Crippen LogP contribution is 2.32. The molecule has 2 aromatic heterocycles. The van der Waals surface area contributed by atoms with E-state index in [0.717, 1.165) is 6.26 Å². The van der Waals surface area contributed by atoms with Crippen molar-refractivity contribution in [3.8, 4) is 22.6 Å². The Hall–Kier alpha value is -4.33. The lowest BCUT2D eigenvalue weighted by atomic mass is 10.0. The van der Waals surface area contributed by atoms with E-state index in [1.54, 1.807) is 56.3 Å². The van der Waals surface area contributed by atoms with Crippen LogP contribution in [-0.2, 0) is 19.5 Å². The zero-order chi connectivity index (χ0) is 28.2. The van der Waals surface area contributed by atoms with Crippen LogP contribution in [0.5, 0.6) is 0 Å². The van der Waals surface area contributed by atoms with E-state index in [0.29, 0.717) is 32.3 Å². The van der Waals surface area contributed by atoms with Gasteiger partial charge in [-0.25, -0.2) is 17.7 Å². The Balaban J connectivity index is 1.71. The lowest BCUT2D eigenvalue weighted by Gasteiger charge is -2.23. The summed E-state index contributed by atoms with van der Waals surface area (Å²) in [4.78, 5) is 28.7. The van der Waals surface area contributed by atoms with E-state index in [9.17, 15) is 18.0 Å². The average molecular weight is 555 g/mol. The number of aryl methyl sites for hydroxylation is 1. The predicted octanol–water partition coefficient (Wildman–Crippen LogP) is 3.16. The summed E-state index contributed by atoms with van der Waals surface area (Å²) in [6, 6.07) is 12.9. The number of amides is 2. The van der Waals surface area contributed by atoms with Gasteiger partial charge < -0.3 is 24.1 Å². The lowest BCUT2D eigenvalue weighted by Crippen LogP contribution is -2.39. The molecule has 0 saturated heterocycles. The fourth-order valence-electron chi connectivity index (χ4n) is 3.62. The van der Waals surface area contributed by atoms with Gasteiger partial charge in [-0.2, -0.15) is 0 Å². The van der Waals surface area contributed by atoms with Crippen molar-refractivity contribution in [2.24, 2.45) is 5.73 Å². The number of ether oxygens (including phenoxy) is 2. The highest BCUT2D eigenvalue weighted by Gasteiger charge is 2.35. The van der Waals surface area contributed by atoms with E-state index in [1.807, 2.05) is 0 Å². The molecule has 0 saturated carbocycles. The SMILES string of the molecule is COCCOCN(C(=O)c1onc(C)c1C)S(=O)(=O)c1ccccc1-c1ccc(-c2nc(C(N)=O)co2)cc1. The highest BCUT2D eigenvalue weighted by atomic mass is 32.2. The Labute approximate surface area is 224 Å². The van der Waals surface area contributed by atoms with Gasteiger partial charge in [0.05, 0.1) is 23.8 Å².